The monoisotopic (exact) mass is 286 g/mol. The maximum absolute atomic E-state index is 9.80. The molecular weight excluding hydrogens is 264 g/mol. The summed E-state index contributed by atoms with van der Waals surface area (Å²) in [6.07, 6.45) is 0.317. The highest BCUT2D eigenvalue weighted by Gasteiger charge is 2.16. The van der Waals surface area contributed by atoms with Gasteiger partial charge in [0.1, 0.15) is 11.5 Å². The second-order valence-corrected chi connectivity index (χ2v) is 5.18. The van der Waals surface area contributed by atoms with Crippen LogP contribution in [0.25, 0.3) is 0 Å². The van der Waals surface area contributed by atoms with Gasteiger partial charge < -0.3 is 14.6 Å². The van der Waals surface area contributed by atoms with Crippen molar-refractivity contribution in [3.63, 3.8) is 0 Å². The Kier molecular flexibility index (Phi) is 5.23. The SMILES string of the molecule is COc1ccc(C(CC(C)O)c2ccc(OC)cc2)cc1. The number of aliphatic hydroxyl groups is 1. The summed E-state index contributed by atoms with van der Waals surface area (Å²) in [5.41, 5.74) is 2.34. The van der Waals surface area contributed by atoms with Crippen molar-refractivity contribution < 1.29 is 14.6 Å². The molecule has 0 amide bonds. The Morgan fingerprint density at radius 3 is 1.48 bits per heavy atom. The van der Waals surface area contributed by atoms with E-state index in [4.69, 9.17) is 9.47 Å². The van der Waals surface area contributed by atoms with Crippen molar-refractivity contribution in [3.05, 3.63) is 59.7 Å². The van der Waals surface area contributed by atoms with Crippen molar-refractivity contribution in [2.24, 2.45) is 0 Å². The van der Waals surface area contributed by atoms with Gasteiger partial charge in [-0.1, -0.05) is 24.3 Å². The molecule has 0 saturated carbocycles. The third kappa shape index (κ3) is 3.99. The van der Waals surface area contributed by atoms with E-state index in [1.54, 1.807) is 14.2 Å². The smallest absolute Gasteiger partial charge is 0.118 e. The molecule has 0 radical (unpaired) electrons. The fraction of sp³-hybridized carbons (Fsp3) is 0.333. The lowest BCUT2D eigenvalue weighted by Gasteiger charge is -2.20. The third-order valence-corrected chi connectivity index (χ3v) is 3.61. The van der Waals surface area contributed by atoms with Crippen molar-refractivity contribution in [1.82, 2.24) is 0 Å². The number of rotatable bonds is 6. The first-order valence-corrected chi connectivity index (χ1v) is 7.10. The largest absolute Gasteiger partial charge is 0.497 e. The molecule has 1 atom stereocenters. The molecule has 0 fully saturated rings. The van der Waals surface area contributed by atoms with Crippen molar-refractivity contribution >= 4 is 0 Å². The van der Waals surface area contributed by atoms with Gasteiger partial charge in [0.05, 0.1) is 20.3 Å². The first kappa shape index (κ1) is 15.4. The van der Waals surface area contributed by atoms with Gasteiger partial charge >= 0.3 is 0 Å². The van der Waals surface area contributed by atoms with Crippen LogP contribution in [-0.2, 0) is 0 Å². The number of hydrogen-bond acceptors (Lipinski definition) is 3. The number of benzene rings is 2. The molecule has 0 aliphatic carbocycles. The number of methoxy groups -OCH3 is 2. The Morgan fingerprint density at radius 2 is 1.19 bits per heavy atom. The minimum atomic E-state index is -0.362. The highest BCUT2D eigenvalue weighted by atomic mass is 16.5. The zero-order valence-corrected chi connectivity index (χ0v) is 12.7. The predicted octanol–water partition coefficient (Wildman–Crippen LogP) is 3.61. The average molecular weight is 286 g/mol. The van der Waals surface area contributed by atoms with Gasteiger partial charge in [-0.05, 0) is 48.7 Å². The Bertz CT molecular complexity index is 496. The van der Waals surface area contributed by atoms with Crippen LogP contribution in [0.15, 0.2) is 48.5 Å². The number of hydrogen-bond donors (Lipinski definition) is 1. The van der Waals surface area contributed by atoms with Crippen molar-refractivity contribution in [3.8, 4) is 11.5 Å². The van der Waals surface area contributed by atoms with E-state index in [0.29, 0.717) is 6.42 Å². The van der Waals surface area contributed by atoms with Crippen molar-refractivity contribution in [1.29, 1.82) is 0 Å². The van der Waals surface area contributed by atoms with E-state index in [0.717, 1.165) is 11.5 Å². The minimum Gasteiger partial charge on any atom is -0.497 e. The van der Waals surface area contributed by atoms with Gasteiger partial charge in [0.2, 0.25) is 0 Å². The summed E-state index contributed by atoms with van der Waals surface area (Å²) in [4.78, 5) is 0. The summed E-state index contributed by atoms with van der Waals surface area (Å²) in [5, 5.41) is 9.80. The van der Waals surface area contributed by atoms with Gasteiger partial charge in [0.25, 0.3) is 0 Å². The fourth-order valence-corrected chi connectivity index (χ4v) is 2.48. The van der Waals surface area contributed by atoms with Crippen LogP contribution in [-0.4, -0.2) is 25.4 Å². The first-order chi connectivity index (χ1) is 10.1. The Morgan fingerprint density at radius 1 is 0.810 bits per heavy atom. The maximum Gasteiger partial charge on any atom is 0.118 e. The highest BCUT2D eigenvalue weighted by Crippen LogP contribution is 2.31. The summed E-state index contributed by atoms with van der Waals surface area (Å²) >= 11 is 0. The summed E-state index contributed by atoms with van der Waals surface area (Å²) in [5.74, 6) is 1.83. The summed E-state index contributed by atoms with van der Waals surface area (Å²) in [6, 6.07) is 16.0. The lowest BCUT2D eigenvalue weighted by Crippen LogP contribution is -2.10. The standard InChI is InChI=1S/C18H22O3/c1-13(19)12-18(14-4-8-16(20-2)9-5-14)15-6-10-17(21-3)11-7-15/h4-11,13,18-19H,12H2,1-3H3. The maximum atomic E-state index is 9.80. The third-order valence-electron chi connectivity index (χ3n) is 3.61. The molecule has 0 bridgehead atoms. The van der Waals surface area contributed by atoms with Crippen molar-refractivity contribution in [2.75, 3.05) is 14.2 Å². The molecule has 0 saturated heterocycles. The molecule has 1 unspecified atom stereocenters. The van der Waals surface area contributed by atoms with Gasteiger partial charge in [0.15, 0.2) is 0 Å². The number of ether oxygens (including phenoxy) is 2. The van der Waals surface area contributed by atoms with Gasteiger partial charge in [-0.3, -0.25) is 0 Å². The average Bonchev–Trinajstić information content (AvgIpc) is 2.53. The normalized spacial score (nSPS) is 12.2. The summed E-state index contributed by atoms with van der Waals surface area (Å²) in [7, 11) is 3.32. The van der Waals surface area contributed by atoms with E-state index < -0.39 is 0 Å². The van der Waals surface area contributed by atoms with Crippen molar-refractivity contribution in [2.45, 2.75) is 25.4 Å². The van der Waals surface area contributed by atoms with Gasteiger partial charge in [-0.2, -0.15) is 0 Å². The molecule has 2 aromatic carbocycles. The molecule has 0 spiro atoms. The first-order valence-electron chi connectivity index (χ1n) is 7.10. The molecule has 0 aromatic heterocycles. The Hall–Kier alpha value is -2.00. The molecule has 0 aliphatic heterocycles. The van der Waals surface area contributed by atoms with Gasteiger partial charge in [0, 0.05) is 5.92 Å². The molecule has 2 rings (SSSR count). The van der Waals surface area contributed by atoms with E-state index in [9.17, 15) is 5.11 Å². The molecule has 112 valence electrons. The quantitative estimate of drug-likeness (QED) is 0.881. The van der Waals surface area contributed by atoms with Crippen LogP contribution in [0.3, 0.4) is 0 Å². The topological polar surface area (TPSA) is 38.7 Å². The Labute approximate surface area is 126 Å². The summed E-state index contributed by atoms with van der Waals surface area (Å²) in [6.45, 7) is 1.82. The highest BCUT2D eigenvalue weighted by molar-refractivity contribution is 5.38. The van der Waals surface area contributed by atoms with Gasteiger partial charge in [-0.25, -0.2) is 0 Å². The fourth-order valence-electron chi connectivity index (χ4n) is 2.48. The molecular formula is C18H22O3. The van der Waals surface area contributed by atoms with Crippen LogP contribution in [0, 0.1) is 0 Å². The van der Waals surface area contributed by atoms with E-state index in [-0.39, 0.29) is 12.0 Å². The molecule has 1 N–H and O–H groups in total. The second kappa shape index (κ2) is 7.14. The van der Waals surface area contributed by atoms with Gasteiger partial charge in [-0.15, -0.1) is 0 Å². The molecule has 3 nitrogen and oxygen atoms in total. The van der Waals surface area contributed by atoms with Crippen LogP contribution in [0.2, 0.25) is 0 Å². The number of aliphatic hydroxyl groups excluding tert-OH is 1. The molecule has 2 aromatic rings. The van der Waals surface area contributed by atoms with Crippen LogP contribution in [0.1, 0.15) is 30.4 Å². The molecule has 0 heterocycles. The minimum absolute atomic E-state index is 0.154. The van der Waals surface area contributed by atoms with E-state index in [1.165, 1.54) is 11.1 Å². The van der Waals surface area contributed by atoms with Crippen LogP contribution in [0.4, 0.5) is 0 Å². The molecule has 0 aliphatic rings. The van der Waals surface area contributed by atoms with E-state index >= 15 is 0 Å². The zero-order chi connectivity index (χ0) is 15.2. The van der Waals surface area contributed by atoms with Crippen LogP contribution in [0.5, 0.6) is 11.5 Å². The lowest BCUT2D eigenvalue weighted by molar-refractivity contribution is 0.179. The lowest BCUT2D eigenvalue weighted by atomic mass is 9.87. The van der Waals surface area contributed by atoms with Crippen LogP contribution < -0.4 is 9.47 Å². The van der Waals surface area contributed by atoms with E-state index in [1.807, 2.05) is 31.2 Å². The zero-order valence-electron chi connectivity index (χ0n) is 12.7. The summed E-state index contributed by atoms with van der Waals surface area (Å²) < 4.78 is 10.4. The van der Waals surface area contributed by atoms with Crippen LogP contribution >= 0.6 is 0 Å². The Balaban J connectivity index is 2.31. The molecule has 21 heavy (non-hydrogen) atoms. The predicted molar refractivity (Wildman–Crippen MR) is 84.1 cm³/mol. The second-order valence-electron chi connectivity index (χ2n) is 5.18. The molecule has 3 heteroatoms. The van der Waals surface area contributed by atoms with E-state index in [2.05, 4.69) is 24.3 Å².